The number of hydrogen-bond donors (Lipinski definition) is 1. The van der Waals surface area contributed by atoms with E-state index in [0.29, 0.717) is 12.0 Å². The highest BCUT2D eigenvalue weighted by Crippen LogP contribution is 2.14. The van der Waals surface area contributed by atoms with Gasteiger partial charge < -0.3 is 5.11 Å². The molecule has 0 bridgehead atoms. The van der Waals surface area contributed by atoms with E-state index in [0.717, 1.165) is 0 Å². The predicted octanol–water partition coefficient (Wildman–Crippen LogP) is 1.98. The van der Waals surface area contributed by atoms with E-state index in [-0.39, 0.29) is 16.9 Å². The Morgan fingerprint density at radius 1 is 1.50 bits per heavy atom. The highest BCUT2D eigenvalue weighted by molar-refractivity contribution is 5.89. The summed E-state index contributed by atoms with van der Waals surface area (Å²) in [4.78, 5) is 21.2. The van der Waals surface area contributed by atoms with Crippen LogP contribution in [0.15, 0.2) is 24.3 Å². The molecule has 5 heteroatoms. The molecule has 0 saturated heterocycles. The van der Waals surface area contributed by atoms with Crippen LogP contribution in [0.4, 0.5) is 0 Å². The van der Waals surface area contributed by atoms with Crippen LogP contribution in [-0.4, -0.2) is 22.0 Å². The Hall–Kier alpha value is -1.91. The number of carbonyl (C=O) groups is 1. The Kier molecular flexibility index (Phi) is 3.99. The lowest BCUT2D eigenvalue weighted by Gasteiger charge is -2.09. The molecule has 0 aliphatic heterocycles. The molecule has 0 fully saturated rings. The first-order chi connectivity index (χ1) is 7.56. The van der Waals surface area contributed by atoms with E-state index < -0.39 is 12.0 Å². The van der Waals surface area contributed by atoms with Gasteiger partial charge in [-0.05, 0) is 11.6 Å². The molecule has 0 aliphatic carbocycles. The third kappa shape index (κ3) is 2.79. The lowest BCUT2D eigenvalue weighted by atomic mass is 9.99. The first-order valence-corrected chi connectivity index (χ1v) is 5.01. The third-order valence-electron chi connectivity index (χ3n) is 2.47. The number of hydrogen-bond acceptors (Lipinski definition) is 3. The molecule has 1 N–H and O–H groups in total. The van der Waals surface area contributed by atoms with Crippen molar-refractivity contribution in [2.24, 2.45) is 0 Å². The van der Waals surface area contributed by atoms with Crippen molar-refractivity contribution in [3.05, 3.63) is 45.5 Å². The lowest BCUT2D eigenvalue weighted by Crippen LogP contribution is -2.22. The molecule has 1 unspecified atom stereocenters. The van der Waals surface area contributed by atoms with Crippen LogP contribution in [0.25, 0.3) is 0 Å². The van der Waals surface area contributed by atoms with Gasteiger partial charge in [0.1, 0.15) is 0 Å². The van der Waals surface area contributed by atoms with Gasteiger partial charge in [0.05, 0.1) is 5.56 Å². The molecule has 0 aliphatic rings. The van der Waals surface area contributed by atoms with E-state index in [2.05, 4.69) is 0 Å². The van der Waals surface area contributed by atoms with Gasteiger partial charge in [0.25, 0.3) is 0 Å². The zero-order valence-electron chi connectivity index (χ0n) is 8.92. The Morgan fingerprint density at radius 2 is 2.12 bits per heavy atom. The van der Waals surface area contributed by atoms with Crippen LogP contribution in [0.1, 0.15) is 29.3 Å². The van der Waals surface area contributed by atoms with E-state index in [1.165, 1.54) is 6.07 Å². The minimum absolute atomic E-state index is 0.141. The van der Waals surface area contributed by atoms with Crippen molar-refractivity contribution in [1.82, 2.24) is 0 Å². The maximum Gasteiger partial charge on any atom is 0.335 e. The first-order valence-electron chi connectivity index (χ1n) is 5.01. The van der Waals surface area contributed by atoms with Crippen molar-refractivity contribution < 1.29 is 14.8 Å². The summed E-state index contributed by atoms with van der Waals surface area (Å²) in [6, 6.07) is 5.66. The van der Waals surface area contributed by atoms with E-state index in [1.54, 1.807) is 25.1 Å². The zero-order chi connectivity index (χ0) is 12.1. The maximum absolute atomic E-state index is 10.9. The summed E-state index contributed by atoms with van der Waals surface area (Å²) in [7, 11) is 0. The van der Waals surface area contributed by atoms with Crippen LogP contribution < -0.4 is 0 Å². The molecule has 1 atom stereocenters. The van der Waals surface area contributed by atoms with Crippen LogP contribution in [0.5, 0.6) is 0 Å². The first kappa shape index (κ1) is 12.2. The number of nitro groups is 1. The average molecular weight is 223 g/mol. The maximum atomic E-state index is 10.9. The second kappa shape index (κ2) is 5.25. The smallest absolute Gasteiger partial charge is 0.335 e. The molecule has 16 heavy (non-hydrogen) atoms. The summed E-state index contributed by atoms with van der Waals surface area (Å²) in [5.41, 5.74) is 0.654. The van der Waals surface area contributed by atoms with Crippen LogP contribution in [0.2, 0.25) is 0 Å². The molecule has 0 aromatic heterocycles. The molecule has 5 nitrogen and oxygen atoms in total. The average Bonchev–Trinajstić information content (AvgIpc) is 2.25. The molecule has 0 radical (unpaired) electrons. The standard InChI is InChI=1S/C11H13NO4/c1-2-9(12(15)16)7-8-5-3-4-6-10(8)11(13)14/h3-6,9H,2,7H2,1H3,(H,13,14). The zero-order valence-corrected chi connectivity index (χ0v) is 8.92. The van der Waals surface area contributed by atoms with Gasteiger partial charge >= 0.3 is 5.97 Å². The van der Waals surface area contributed by atoms with E-state index in [9.17, 15) is 14.9 Å². The summed E-state index contributed by atoms with van der Waals surface area (Å²) in [6.07, 6.45) is 0.549. The molecular weight excluding hydrogens is 210 g/mol. The SMILES string of the molecule is CCC(Cc1ccccc1C(=O)O)[N+](=O)[O-]. The number of carboxylic acids is 1. The molecule has 1 aromatic carbocycles. The number of rotatable bonds is 5. The second-order valence-electron chi connectivity index (χ2n) is 3.51. The van der Waals surface area contributed by atoms with Crippen LogP contribution in [0.3, 0.4) is 0 Å². The topological polar surface area (TPSA) is 80.4 Å². The molecule has 0 spiro atoms. The number of carboxylic acid groups (broad SMARTS) is 1. The Labute approximate surface area is 92.9 Å². The van der Waals surface area contributed by atoms with Crippen molar-refractivity contribution in [2.75, 3.05) is 0 Å². The van der Waals surface area contributed by atoms with Crippen molar-refractivity contribution in [3.8, 4) is 0 Å². The van der Waals surface area contributed by atoms with Gasteiger partial charge in [-0.25, -0.2) is 4.79 Å². The van der Waals surface area contributed by atoms with Crippen molar-refractivity contribution >= 4 is 5.97 Å². The normalized spacial score (nSPS) is 12.1. The van der Waals surface area contributed by atoms with Crippen LogP contribution >= 0.6 is 0 Å². The molecule has 1 rings (SSSR count). The van der Waals surface area contributed by atoms with Crippen molar-refractivity contribution in [3.63, 3.8) is 0 Å². The number of aromatic carboxylic acids is 1. The summed E-state index contributed by atoms with van der Waals surface area (Å²) in [5, 5.41) is 19.6. The van der Waals surface area contributed by atoms with E-state index in [1.807, 2.05) is 0 Å². The predicted molar refractivity (Wildman–Crippen MR) is 58.2 cm³/mol. The van der Waals surface area contributed by atoms with E-state index in [4.69, 9.17) is 5.11 Å². The minimum atomic E-state index is -1.05. The lowest BCUT2D eigenvalue weighted by molar-refractivity contribution is -0.522. The monoisotopic (exact) mass is 223 g/mol. The van der Waals surface area contributed by atoms with Crippen molar-refractivity contribution in [1.29, 1.82) is 0 Å². The largest absolute Gasteiger partial charge is 0.478 e. The summed E-state index contributed by atoms with van der Waals surface area (Å²) in [6.45, 7) is 1.72. The molecule has 86 valence electrons. The van der Waals surface area contributed by atoms with Gasteiger partial charge in [0.2, 0.25) is 6.04 Å². The fourth-order valence-corrected chi connectivity index (χ4v) is 1.53. The fourth-order valence-electron chi connectivity index (χ4n) is 1.53. The molecular formula is C11H13NO4. The van der Waals surface area contributed by atoms with Crippen LogP contribution in [-0.2, 0) is 6.42 Å². The number of benzene rings is 1. The number of nitrogens with zero attached hydrogens (tertiary/aromatic N) is 1. The molecule has 0 saturated carbocycles. The fraction of sp³-hybridized carbons (Fsp3) is 0.364. The molecule has 0 heterocycles. The van der Waals surface area contributed by atoms with Gasteiger partial charge in [0.15, 0.2) is 0 Å². The van der Waals surface area contributed by atoms with Gasteiger partial charge in [-0.2, -0.15) is 0 Å². The van der Waals surface area contributed by atoms with Gasteiger partial charge in [0, 0.05) is 17.8 Å². The highest BCUT2D eigenvalue weighted by atomic mass is 16.6. The summed E-state index contributed by atoms with van der Waals surface area (Å²) in [5.74, 6) is -1.05. The van der Waals surface area contributed by atoms with Gasteiger partial charge in [-0.1, -0.05) is 25.1 Å². The van der Waals surface area contributed by atoms with Gasteiger partial charge in [-0.15, -0.1) is 0 Å². The van der Waals surface area contributed by atoms with E-state index >= 15 is 0 Å². The Morgan fingerprint density at radius 3 is 2.62 bits per heavy atom. The second-order valence-corrected chi connectivity index (χ2v) is 3.51. The van der Waals surface area contributed by atoms with Gasteiger partial charge in [-0.3, -0.25) is 10.1 Å². The summed E-state index contributed by atoms with van der Waals surface area (Å²) < 4.78 is 0. The summed E-state index contributed by atoms with van der Waals surface area (Å²) >= 11 is 0. The molecule has 1 aromatic rings. The minimum Gasteiger partial charge on any atom is -0.478 e. The third-order valence-corrected chi connectivity index (χ3v) is 2.47. The Bertz CT molecular complexity index is 403. The molecule has 0 amide bonds. The van der Waals surface area contributed by atoms with Crippen LogP contribution in [0, 0.1) is 10.1 Å². The highest BCUT2D eigenvalue weighted by Gasteiger charge is 2.21. The van der Waals surface area contributed by atoms with Crippen molar-refractivity contribution in [2.45, 2.75) is 25.8 Å². The Balaban J connectivity index is 2.95. The quantitative estimate of drug-likeness (QED) is 0.611.